The molecule has 0 aromatic heterocycles. The van der Waals surface area contributed by atoms with Gasteiger partial charge in [-0.1, -0.05) is 11.6 Å². The van der Waals surface area contributed by atoms with Gasteiger partial charge in [-0.3, -0.25) is 4.79 Å². The predicted octanol–water partition coefficient (Wildman–Crippen LogP) is 4.21. The lowest BCUT2D eigenvalue weighted by molar-refractivity contribution is -0.115. The van der Waals surface area contributed by atoms with Gasteiger partial charge in [-0.2, -0.15) is 0 Å². The molecule has 4 nitrogen and oxygen atoms in total. The van der Waals surface area contributed by atoms with E-state index < -0.39 is 0 Å². The lowest BCUT2D eigenvalue weighted by atomic mass is 10.2. The molecule has 2 aromatic rings. The van der Waals surface area contributed by atoms with Crippen molar-refractivity contribution in [3.8, 4) is 0 Å². The van der Waals surface area contributed by atoms with E-state index in [9.17, 15) is 4.79 Å². The first kappa shape index (κ1) is 19.1. The number of carbonyl (C=O) groups is 1. The van der Waals surface area contributed by atoms with Gasteiger partial charge in [-0.25, -0.2) is 0 Å². The Morgan fingerprint density at radius 1 is 1.04 bits per heavy atom. The van der Waals surface area contributed by atoms with Gasteiger partial charge in [0.05, 0.1) is 0 Å². The topological polar surface area (TPSA) is 35.6 Å². The van der Waals surface area contributed by atoms with Crippen LogP contribution in [0.3, 0.4) is 0 Å². The van der Waals surface area contributed by atoms with Crippen LogP contribution >= 0.6 is 23.4 Å². The van der Waals surface area contributed by atoms with E-state index in [0.717, 1.165) is 47.5 Å². The summed E-state index contributed by atoms with van der Waals surface area (Å²) in [5.74, 6) is 0.783. The van der Waals surface area contributed by atoms with Crippen LogP contribution in [0.15, 0.2) is 53.4 Å². The van der Waals surface area contributed by atoms with Crippen molar-refractivity contribution in [3.63, 3.8) is 0 Å². The van der Waals surface area contributed by atoms with Crippen LogP contribution in [-0.4, -0.2) is 49.8 Å². The van der Waals surface area contributed by atoms with Crippen molar-refractivity contribution in [1.29, 1.82) is 0 Å². The largest absolute Gasteiger partial charge is 0.369 e. The number of nitrogens with one attached hydrogen (secondary N) is 1. The monoisotopic (exact) mass is 389 g/mol. The second-order valence-corrected chi connectivity index (χ2v) is 8.04. The second kappa shape index (κ2) is 9.31. The van der Waals surface area contributed by atoms with E-state index in [1.807, 2.05) is 36.4 Å². The number of likely N-dealkylation sites (N-methyl/N-ethyl adjacent to an activating group) is 1. The molecule has 138 valence electrons. The zero-order valence-corrected chi connectivity index (χ0v) is 16.5. The van der Waals surface area contributed by atoms with Crippen molar-refractivity contribution >= 4 is 40.6 Å². The van der Waals surface area contributed by atoms with Crippen molar-refractivity contribution in [2.75, 3.05) is 49.2 Å². The van der Waals surface area contributed by atoms with E-state index in [4.69, 9.17) is 11.6 Å². The summed E-state index contributed by atoms with van der Waals surface area (Å²) in [4.78, 5) is 18.0. The van der Waals surface area contributed by atoms with Crippen LogP contribution < -0.4 is 10.2 Å². The highest BCUT2D eigenvalue weighted by Gasteiger charge is 2.14. The van der Waals surface area contributed by atoms with Crippen molar-refractivity contribution in [2.45, 2.75) is 11.3 Å². The highest BCUT2D eigenvalue weighted by molar-refractivity contribution is 7.99. The molecule has 26 heavy (non-hydrogen) atoms. The summed E-state index contributed by atoms with van der Waals surface area (Å²) in [7, 11) is 2.15. The SMILES string of the molecule is CN1CCN(c2ccc(NC(=O)CCSc3ccc(Cl)cc3)cc2)CC1. The molecule has 0 saturated carbocycles. The van der Waals surface area contributed by atoms with E-state index in [2.05, 4.69) is 34.3 Å². The van der Waals surface area contributed by atoms with Crippen LogP contribution in [0.5, 0.6) is 0 Å². The third-order valence-corrected chi connectivity index (χ3v) is 5.70. The maximum absolute atomic E-state index is 12.1. The van der Waals surface area contributed by atoms with E-state index in [-0.39, 0.29) is 5.91 Å². The molecule has 1 heterocycles. The number of thioether (sulfide) groups is 1. The number of anilines is 2. The van der Waals surface area contributed by atoms with Gasteiger partial charge >= 0.3 is 0 Å². The fourth-order valence-corrected chi connectivity index (χ4v) is 3.81. The molecule has 2 aromatic carbocycles. The Morgan fingerprint density at radius 3 is 2.35 bits per heavy atom. The molecule has 6 heteroatoms. The van der Waals surface area contributed by atoms with Crippen LogP contribution in [0, 0.1) is 0 Å². The molecule has 3 rings (SSSR count). The Labute approximate surface area is 164 Å². The number of hydrogen-bond acceptors (Lipinski definition) is 4. The molecule has 0 unspecified atom stereocenters. The predicted molar refractivity (Wildman–Crippen MR) is 112 cm³/mol. The minimum Gasteiger partial charge on any atom is -0.369 e. The number of hydrogen-bond donors (Lipinski definition) is 1. The normalized spacial score (nSPS) is 15.1. The molecule has 0 bridgehead atoms. The van der Waals surface area contributed by atoms with Gasteiger partial charge < -0.3 is 15.1 Å². The Bertz CT molecular complexity index is 713. The summed E-state index contributed by atoms with van der Waals surface area (Å²) < 4.78 is 0. The Kier molecular flexibility index (Phi) is 6.83. The van der Waals surface area contributed by atoms with E-state index >= 15 is 0 Å². The van der Waals surface area contributed by atoms with Gasteiger partial charge in [0, 0.05) is 59.6 Å². The quantitative estimate of drug-likeness (QED) is 0.750. The highest BCUT2D eigenvalue weighted by Crippen LogP contribution is 2.22. The second-order valence-electron chi connectivity index (χ2n) is 6.44. The molecule has 1 saturated heterocycles. The molecule has 0 atom stereocenters. The van der Waals surface area contributed by atoms with Gasteiger partial charge in [0.1, 0.15) is 0 Å². The molecule has 1 N–H and O–H groups in total. The summed E-state index contributed by atoms with van der Waals surface area (Å²) in [6.45, 7) is 4.27. The Hall–Kier alpha value is -1.69. The number of benzene rings is 2. The third kappa shape index (κ3) is 5.66. The maximum Gasteiger partial charge on any atom is 0.225 e. The first-order valence-electron chi connectivity index (χ1n) is 8.82. The fraction of sp³-hybridized carbons (Fsp3) is 0.350. The molecule has 1 aliphatic heterocycles. The summed E-state index contributed by atoms with van der Waals surface area (Å²) in [6, 6.07) is 15.8. The average Bonchev–Trinajstić information content (AvgIpc) is 2.65. The number of rotatable bonds is 6. The molecule has 1 fully saturated rings. The molecule has 0 aliphatic carbocycles. The molecular formula is C20H24ClN3OS. The zero-order chi connectivity index (χ0) is 18.4. The van der Waals surface area contributed by atoms with Crippen LogP contribution in [-0.2, 0) is 4.79 Å². The van der Waals surface area contributed by atoms with Gasteiger partial charge in [-0.05, 0) is 55.6 Å². The van der Waals surface area contributed by atoms with Crippen molar-refractivity contribution in [3.05, 3.63) is 53.6 Å². The Morgan fingerprint density at radius 2 is 1.69 bits per heavy atom. The number of halogens is 1. The number of nitrogens with zero attached hydrogens (tertiary/aromatic N) is 2. The number of amides is 1. The maximum atomic E-state index is 12.1. The lowest BCUT2D eigenvalue weighted by Crippen LogP contribution is -2.44. The molecule has 0 spiro atoms. The molecule has 1 amide bonds. The van der Waals surface area contributed by atoms with Crippen LogP contribution in [0.4, 0.5) is 11.4 Å². The fourth-order valence-electron chi connectivity index (χ4n) is 2.84. The van der Waals surface area contributed by atoms with Gasteiger partial charge in [0.2, 0.25) is 5.91 Å². The summed E-state index contributed by atoms with van der Waals surface area (Å²) in [6.07, 6.45) is 0.480. The first-order valence-corrected chi connectivity index (χ1v) is 10.2. The van der Waals surface area contributed by atoms with Gasteiger partial charge in [0.15, 0.2) is 0 Å². The van der Waals surface area contributed by atoms with Crippen molar-refractivity contribution in [2.24, 2.45) is 0 Å². The number of carbonyl (C=O) groups excluding carboxylic acids is 1. The standard InChI is InChI=1S/C20H24ClN3OS/c1-23-11-13-24(14-12-23)18-6-4-17(5-7-18)22-20(25)10-15-26-19-8-2-16(21)3-9-19/h2-9H,10-15H2,1H3,(H,22,25). The smallest absolute Gasteiger partial charge is 0.225 e. The molecule has 1 aliphatic rings. The van der Waals surface area contributed by atoms with Crippen LogP contribution in [0.2, 0.25) is 5.02 Å². The van der Waals surface area contributed by atoms with Crippen molar-refractivity contribution in [1.82, 2.24) is 4.90 Å². The van der Waals surface area contributed by atoms with Gasteiger partial charge in [0.25, 0.3) is 0 Å². The minimum atomic E-state index is 0.0406. The third-order valence-electron chi connectivity index (χ3n) is 4.43. The first-order chi connectivity index (χ1) is 12.6. The van der Waals surface area contributed by atoms with Crippen LogP contribution in [0.1, 0.15) is 6.42 Å². The van der Waals surface area contributed by atoms with E-state index in [1.165, 1.54) is 5.69 Å². The Balaban J connectivity index is 1.43. The van der Waals surface area contributed by atoms with Crippen molar-refractivity contribution < 1.29 is 4.79 Å². The van der Waals surface area contributed by atoms with E-state index in [1.54, 1.807) is 11.8 Å². The van der Waals surface area contributed by atoms with Gasteiger partial charge in [-0.15, -0.1) is 11.8 Å². The molecular weight excluding hydrogens is 366 g/mol. The average molecular weight is 390 g/mol. The highest BCUT2D eigenvalue weighted by atomic mass is 35.5. The summed E-state index contributed by atoms with van der Waals surface area (Å²) in [5, 5.41) is 3.70. The zero-order valence-electron chi connectivity index (χ0n) is 15.0. The van der Waals surface area contributed by atoms with E-state index in [0.29, 0.717) is 6.42 Å². The lowest BCUT2D eigenvalue weighted by Gasteiger charge is -2.34. The summed E-state index contributed by atoms with van der Waals surface area (Å²) in [5.41, 5.74) is 2.07. The van der Waals surface area contributed by atoms with Crippen LogP contribution in [0.25, 0.3) is 0 Å². The summed E-state index contributed by atoms with van der Waals surface area (Å²) >= 11 is 7.53. The minimum absolute atomic E-state index is 0.0406. The number of piperazine rings is 1. The molecule has 0 radical (unpaired) electrons.